The van der Waals surface area contributed by atoms with Crippen molar-refractivity contribution in [3.05, 3.63) is 28.7 Å². The molecular formula is C12H14BrNO5S. The second-order valence-electron chi connectivity index (χ2n) is 3.89. The smallest absolute Gasteiger partial charge is 0.302 e. The molecule has 0 bridgehead atoms. The summed E-state index contributed by atoms with van der Waals surface area (Å²) in [4.78, 5) is 22.2. The van der Waals surface area contributed by atoms with Crippen molar-refractivity contribution in [1.82, 2.24) is 4.31 Å². The van der Waals surface area contributed by atoms with Crippen LogP contribution >= 0.6 is 15.9 Å². The van der Waals surface area contributed by atoms with E-state index in [4.69, 9.17) is 0 Å². The Morgan fingerprint density at radius 1 is 1.20 bits per heavy atom. The van der Waals surface area contributed by atoms with Gasteiger partial charge in [0.15, 0.2) is 0 Å². The highest BCUT2D eigenvalue weighted by molar-refractivity contribution is 9.10. The molecule has 0 heterocycles. The molecule has 0 aromatic heterocycles. The lowest BCUT2D eigenvalue weighted by Gasteiger charge is -2.20. The van der Waals surface area contributed by atoms with Crippen LogP contribution in [0.3, 0.4) is 0 Å². The molecule has 1 amide bonds. The summed E-state index contributed by atoms with van der Waals surface area (Å²) >= 11 is 3.20. The molecule has 0 saturated carbocycles. The zero-order valence-corrected chi connectivity index (χ0v) is 13.4. The van der Waals surface area contributed by atoms with Gasteiger partial charge in [-0.1, -0.05) is 15.9 Å². The summed E-state index contributed by atoms with van der Waals surface area (Å²) < 4.78 is 30.7. The summed E-state index contributed by atoms with van der Waals surface area (Å²) in [5, 5.41) is 0. The Morgan fingerprint density at radius 3 is 2.20 bits per heavy atom. The molecule has 1 aromatic carbocycles. The molecule has 1 aromatic rings. The topological polar surface area (TPSA) is 80.8 Å². The highest BCUT2D eigenvalue weighted by Crippen LogP contribution is 2.18. The Hall–Kier alpha value is -1.41. The van der Waals surface area contributed by atoms with Crippen molar-refractivity contribution in [2.45, 2.75) is 18.7 Å². The van der Waals surface area contributed by atoms with Gasteiger partial charge in [-0.15, -0.1) is 0 Å². The largest absolute Gasteiger partial charge is 0.464 e. The monoisotopic (exact) mass is 363 g/mol. The number of nitrogens with zero attached hydrogens (tertiary/aromatic N) is 1. The van der Waals surface area contributed by atoms with Crippen LogP contribution in [-0.2, 0) is 24.3 Å². The Kier molecular flexibility index (Phi) is 5.70. The first-order valence-corrected chi connectivity index (χ1v) is 7.90. The second kappa shape index (κ2) is 6.85. The van der Waals surface area contributed by atoms with E-state index in [-0.39, 0.29) is 18.0 Å². The first-order valence-electron chi connectivity index (χ1n) is 5.67. The first-order chi connectivity index (χ1) is 9.25. The summed E-state index contributed by atoms with van der Waals surface area (Å²) in [6, 6.07) is 5.91. The Morgan fingerprint density at radius 2 is 1.75 bits per heavy atom. The molecule has 0 aliphatic rings. The van der Waals surface area contributed by atoms with Crippen LogP contribution in [0.2, 0.25) is 0 Å². The van der Waals surface area contributed by atoms with E-state index in [1.807, 2.05) is 0 Å². The van der Waals surface area contributed by atoms with Gasteiger partial charge in [-0.05, 0) is 24.3 Å². The third-order valence-corrected chi connectivity index (χ3v) is 4.77. The van der Waals surface area contributed by atoms with Crippen molar-refractivity contribution in [1.29, 1.82) is 0 Å². The lowest BCUT2D eigenvalue weighted by Crippen LogP contribution is -2.38. The fourth-order valence-corrected chi connectivity index (χ4v) is 3.11. The lowest BCUT2D eigenvalue weighted by molar-refractivity contribution is -0.142. The highest BCUT2D eigenvalue weighted by Gasteiger charge is 2.26. The number of amides is 1. The van der Waals surface area contributed by atoms with E-state index in [0.29, 0.717) is 4.31 Å². The van der Waals surface area contributed by atoms with Crippen molar-refractivity contribution >= 4 is 37.8 Å². The number of carbonyl (C=O) groups excluding carboxylic acids is 2. The van der Waals surface area contributed by atoms with Gasteiger partial charge in [0.2, 0.25) is 5.91 Å². The van der Waals surface area contributed by atoms with Gasteiger partial charge in [-0.25, -0.2) is 12.7 Å². The van der Waals surface area contributed by atoms with Gasteiger partial charge in [0.05, 0.1) is 11.4 Å². The van der Waals surface area contributed by atoms with Gasteiger partial charge >= 0.3 is 5.97 Å². The quantitative estimate of drug-likeness (QED) is 0.741. The van der Waals surface area contributed by atoms with Gasteiger partial charge in [0.1, 0.15) is 6.61 Å². The molecule has 0 N–H and O–H groups in total. The highest BCUT2D eigenvalue weighted by atomic mass is 79.9. The van der Waals surface area contributed by atoms with Crippen LogP contribution in [-0.4, -0.2) is 37.8 Å². The molecule has 0 radical (unpaired) electrons. The number of hydrogen-bond donors (Lipinski definition) is 0. The zero-order valence-electron chi connectivity index (χ0n) is 11.0. The molecule has 0 aliphatic carbocycles. The number of benzene rings is 1. The molecule has 0 aliphatic heterocycles. The number of ether oxygens (including phenoxy) is 1. The summed E-state index contributed by atoms with van der Waals surface area (Å²) in [6.07, 6.45) is 0. The van der Waals surface area contributed by atoms with E-state index in [9.17, 15) is 18.0 Å². The molecule has 0 atom stereocenters. The van der Waals surface area contributed by atoms with Crippen molar-refractivity contribution in [2.75, 3.05) is 13.2 Å². The minimum atomic E-state index is -3.94. The third kappa shape index (κ3) is 4.31. The number of sulfonamides is 1. The minimum absolute atomic E-state index is 0.00118. The fourth-order valence-electron chi connectivity index (χ4n) is 1.45. The Balaban J connectivity index is 2.97. The van der Waals surface area contributed by atoms with Gasteiger partial charge in [-0.3, -0.25) is 9.59 Å². The van der Waals surface area contributed by atoms with Gasteiger partial charge in [0.25, 0.3) is 10.0 Å². The third-order valence-electron chi connectivity index (χ3n) is 2.35. The van der Waals surface area contributed by atoms with Crippen LogP contribution in [0.15, 0.2) is 33.6 Å². The van der Waals surface area contributed by atoms with Crippen LogP contribution in [0.1, 0.15) is 13.8 Å². The van der Waals surface area contributed by atoms with E-state index < -0.39 is 21.9 Å². The Labute approximate surface area is 125 Å². The van der Waals surface area contributed by atoms with E-state index in [1.165, 1.54) is 19.1 Å². The van der Waals surface area contributed by atoms with Gasteiger partial charge in [0, 0.05) is 18.3 Å². The van der Waals surface area contributed by atoms with Crippen molar-refractivity contribution in [2.24, 2.45) is 0 Å². The van der Waals surface area contributed by atoms with E-state index in [0.717, 1.165) is 11.4 Å². The fraction of sp³-hybridized carbons (Fsp3) is 0.333. The lowest BCUT2D eigenvalue weighted by atomic mass is 10.4. The molecule has 0 unspecified atom stereocenters. The SMILES string of the molecule is CC(=O)OCCN(C(C)=O)S(=O)(=O)c1ccc(Br)cc1. The van der Waals surface area contributed by atoms with Crippen LogP contribution in [0.5, 0.6) is 0 Å². The predicted molar refractivity (Wildman–Crippen MR) is 75.3 cm³/mol. The number of hydrogen-bond acceptors (Lipinski definition) is 5. The van der Waals surface area contributed by atoms with E-state index in [1.54, 1.807) is 12.1 Å². The molecule has 6 nitrogen and oxygen atoms in total. The molecule has 8 heteroatoms. The van der Waals surface area contributed by atoms with E-state index >= 15 is 0 Å². The van der Waals surface area contributed by atoms with Gasteiger partial charge < -0.3 is 4.74 Å². The normalized spacial score (nSPS) is 10.9. The van der Waals surface area contributed by atoms with Crippen molar-refractivity contribution in [3.63, 3.8) is 0 Å². The second-order valence-corrected chi connectivity index (χ2v) is 6.67. The zero-order chi connectivity index (χ0) is 15.3. The molecule has 0 fully saturated rings. The maximum absolute atomic E-state index is 12.3. The number of carbonyl (C=O) groups is 2. The standard InChI is InChI=1S/C12H14BrNO5S/c1-9(15)14(7-8-19-10(2)16)20(17,18)12-5-3-11(13)4-6-12/h3-6H,7-8H2,1-2H3. The average molecular weight is 364 g/mol. The van der Waals surface area contributed by atoms with Crippen LogP contribution in [0.25, 0.3) is 0 Å². The molecule has 20 heavy (non-hydrogen) atoms. The summed E-state index contributed by atoms with van der Waals surface area (Å²) in [5.41, 5.74) is 0. The number of rotatable bonds is 5. The van der Waals surface area contributed by atoms with Crippen molar-refractivity contribution in [3.8, 4) is 0 Å². The minimum Gasteiger partial charge on any atom is -0.464 e. The van der Waals surface area contributed by atoms with E-state index in [2.05, 4.69) is 20.7 Å². The summed E-state index contributed by atoms with van der Waals surface area (Å²) in [7, 11) is -3.94. The molecule has 1 rings (SSSR count). The molecule has 0 saturated heterocycles. The van der Waals surface area contributed by atoms with Crippen LogP contribution in [0.4, 0.5) is 0 Å². The van der Waals surface area contributed by atoms with Crippen LogP contribution in [0, 0.1) is 0 Å². The molecule has 0 spiro atoms. The first kappa shape index (κ1) is 16.6. The number of esters is 1. The Bertz CT molecular complexity index is 597. The molecular weight excluding hydrogens is 350 g/mol. The van der Waals surface area contributed by atoms with Crippen LogP contribution < -0.4 is 0 Å². The predicted octanol–water partition coefficient (Wildman–Crippen LogP) is 1.55. The maximum atomic E-state index is 12.3. The maximum Gasteiger partial charge on any atom is 0.302 e. The molecule has 110 valence electrons. The summed E-state index contributed by atoms with van der Waals surface area (Å²) in [5.74, 6) is -1.17. The average Bonchev–Trinajstić information content (AvgIpc) is 2.34. The van der Waals surface area contributed by atoms with Gasteiger partial charge in [-0.2, -0.15) is 0 Å². The number of halogens is 1. The van der Waals surface area contributed by atoms with Crippen molar-refractivity contribution < 1.29 is 22.7 Å². The summed E-state index contributed by atoms with van der Waals surface area (Å²) in [6.45, 7) is 1.96.